The number of nitrogens with zero attached hydrogens (tertiary/aromatic N) is 2. The van der Waals surface area contributed by atoms with E-state index in [2.05, 4.69) is 10.3 Å². The number of anilines is 1. The molecule has 78 valence electrons. The van der Waals surface area contributed by atoms with E-state index in [9.17, 15) is 4.79 Å². The summed E-state index contributed by atoms with van der Waals surface area (Å²) in [7, 11) is 0. The summed E-state index contributed by atoms with van der Waals surface area (Å²) in [4.78, 5) is 14.8. The van der Waals surface area contributed by atoms with Crippen LogP contribution >= 0.6 is 0 Å². The first kappa shape index (κ1) is 9.51. The molecule has 0 spiro atoms. The monoisotopic (exact) mass is 205 g/mol. The third kappa shape index (κ3) is 1.63. The number of aromatic nitrogens is 2. The van der Waals surface area contributed by atoms with Crippen LogP contribution in [0, 0.1) is 0 Å². The SMILES string of the molecule is CCc1nc(NC(=O)O)c2ccccn12. The summed E-state index contributed by atoms with van der Waals surface area (Å²) in [6.07, 6.45) is 1.53. The first-order chi connectivity index (χ1) is 7.22. The maximum absolute atomic E-state index is 10.5. The van der Waals surface area contributed by atoms with Gasteiger partial charge in [-0.2, -0.15) is 0 Å². The smallest absolute Gasteiger partial charge is 0.410 e. The highest BCUT2D eigenvalue weighted by atomic mass is 16.4. The Bertz CT molecular complexity index is 504. The molecule has 0 unspecified atom stereocenters. The number of nitrogens with one attached hydrogen (secondary N) is 1. The molecule has 0 saturated carbocycles. The molecule has 0 radical (unpaired) electrons. The molecule has 0 aromatic carbocycles. The Morgan fingerprint density at radius 2 is 2.40 bits per heavy atom. The molecule has 2 rings (SSSR count). The molecule has 0 aliphatic carbocycles. The summed E-state index contributed by atoms with van der Waals surface area (Å²) in [5.41, 5.74) is 0.775. The van der Waals surface area contributed by atoms with E-state index in [-0.39, 0.29) is 0 Å². The number of hydrogen-bond acceptors (Lipinski definition) is 2. The van der Waals surface area contributed by atoms with Gasteiger partial charge in [-0.3, -0.25) is 5.32 Å². The summed E-state index contributed by atoms with van der Waals surface area (Å²) in [5.74, 6) is 1.23. The number of amides is 1. The van der Waals surface area contributed by atoms with Gasteiger partial charge in [0.2, 0.25) is 0 Å². The van der Waals surface area contributed by atoms with Crippen molar-refractivity contribution in [1.82, 2.24) is 9.38 Å². The van der Waals surface area contributed by atoms with Crippen molar-refractivity contribution in [2.75, 3.05) is 5.32 Å². The largest absolute Gasteiger partial charge is 0.465 e. The summed E-state index contributed by atoms with van der Waals surface area (Å²) in [6, 6.07) is 5.57. The molecule has 2 heterocycles. The molecule has 15 heavy (non-hydrogen) atoms. The topological polar surface area (TPSA) is 66.6 Å². The molecule has 2 N–H and O–H groups in total. The van der Waals surface area contributed by atoms with Crippen molar-refractivity contribution < 1.29 is 9.90 Å². The minimum Gasteiger partial charge on any atom is -0.465 e. The standard InChI is InChI=1S/C10H11N3O2/c1-2-8-11-9(12-10(14)15)7-5-3-4-6-13(7)8/h3-6,12H,2H2,1H3,(H,14,15). The van der Waals surface area contributed by atoms with Gasteiger partial charge in [0.05, 0.1) is 5.52 Å². The molecule has 1 amide bonds. The van der Waals surface area contributed by atoms with E-state index < -0.39 is 6.09 Å². The number of aryl methyl sites for hydroxylation is 1. The van der Waals surface area contributed by atoms with E-state index in [1.807, 2.05) is 35.7 Å². The van der Waals surface area contributed by atoms with Crippen LogP contribution in [0.25, 0.3) is 5.52 Å². The predicted octanol–water partition coefficient (Wildman–Crippen LogP) is 1.99. The first-order valence-electron chi connectivity index (χ1n) is 4.68. The van der Waals surface area contributed by atoms with Crippen LogP contribution in [0.1, 0.15) is 12.7 Å². The van der Waals surface area contributed by atoms with Crippen molar-refractivity contribution in [1.29, 1.82) is 0 Å². The minimum absolute atomic E-state index is 0.389. The van der Waals surface area contributed by atoms with Gasteiger partial charge in [0.15, 0.2) is 5.82 Å². The number of rotatable bonds is 2. The highest BCUT2D eigenvalue weighted by Crippen LogP contribution is 2.17. The van der Waals surface area contributed by atoms with E-state index in [0.717, 1.165) is 17.8 Å². The summed E-state index contributed by atoms with van der Waals surface area (Å²) < 4.78 is 1.88. The maximum Gasteiger partial charge on any atom is 0.410 e. The Morgan fingerprint density at radius 1 is 1.60 bits per heavy atom. The van der Waals surface area contributed by atoms with E-state index in [1.165, 1.54) is 0 Å². The van der Waals surface area contributed by atoms with Crippen LogP contribution in [-0.2, 0) is 6.42 Å². The second-order valence-electron chi connectivity index (χ2n) is 3.12. The van der Waals surface area contributed by atoms with Crippen LogP contribution in [0.15, 0.2) is 24.4 Å². The van der Waals surface area contributed by atoms with Crippen molar-refractivity contribution in [3.8, 4) is 0 Å². The Balaban J connectivity index is 2.59. The lowest BCUT2D eigenvalue weighted by Gasteiger charge is -1.97. The van der Waals surface area contributed by atoms with E-state index >= 15 is 0 Å². The van der Waals surface area contributed by atoms with Gasteiger partial charge in [0.1, 0.15) is 5.82 Å². The second kappa shape index (κ2) is 3.61. The van der Waals surface area contributed by atoms with E-state index in [4.69, 9.17) is 5.11 Å². The Hall–Kier alpha value is -2.04. The van der Waals surface area contributed by atoms with E-state index in [0.29, 0.717) is 5.82 Å². The molecule has 2 aromatic heterocycles. The number of pyridine rings is 1. The van der Waals surface area contributed by atoms with Crippen molar-refractivity contribution in [2.45, 2.75) is 13.3 Å². The van der Waals surface area contributed by atoms with Gasteiger partial charge in [0, 0.05) is 12.6 Å². The van der Waals surface area contributed by atoms with Gasteiger partial charge in [0.25, 0.3) is 0 Å². The second-order valence-corrected chi connectivity index (χ2v) is 3.12. The molecule has 5 nitrogen and oxygen atoms in total. The molecule has 0 aliphatic rings. The summed E-state index contributed by atoms with van der Waals surface area (Å²) >= 11 is 0. The number of fused-ring (bicyclic) bond motifs is 1. The van der Waals surface area contributed by atoms with Gasteiger partial charge in [-0.25, -0.2) is 9.78 Å². The van der Waals surface area contributed by atoms with Gasteiger partial charge < -0.3 is 9.51 Å². The normalized spacial score (nSPS) is 10.5. The third-order valence-electron chi connectivity index (χ3n) is 2.16. The fourth-order valence-corrected chi connectivity index (χ4v) is 1.54. The average molecular weight is 205 g/mol. The van der Waals surface area contributed by atoms with Crippen LogP contribution in [0.2, 0.25) is 0 Å². The Labute approximate surface area is 86.4 Å². The highest BCUT2D eigenvalue weighted by Gasteiger charge is 2.10. The Kier molecular flexibility index (Phi) is 2.29. The van der Waals surface area contributed by atoms with Gasteiger partial charge in [-0.15, -0.1) is 0 Å². The molecule has 5 heteroatoms. The van der Waals surface area contributed by atoms with Crippen LogP contribution < -0.4 is 5.32 Å². The Morgan fingerprint density at radius 3 is 3.07 bits per heavy atom. The molecule has 0 aliphatic heterocycles. The summed E-state index contributed by atoms with van der Waals surface area (Å²) in [6.45, 7) is 1.98. The molecule has 0 fully saturated rings. The quantitative estimate of drug-likeness (QED) is 0.787. The third-order valence-corrected chi connectivity index (χ3v) is 2.16. The number of hydrogen-bond donors (Lipinski definition) is 2. The van der Waals surface area contributed by atoms with Crippen LogP contribution in [0.4, 0.5) is 10.6 Å². The van der Waals surface area contributed by atoms with Crippen LogP contribution in [0.3, 0.4) is 0 Å². The number of imidazole rings is 1. The lowest BCUT2D eigenvalue weighted by molar-refractivity contribution is 0.209. The van der Waals surface area contributed by atoms with Crippen LogP contribution in [0.5, 0.6) is 0 Å². The number of carbonyl (C=O) groups is 1. The molecule has 0 atom stereocenters. The lowest BCUT2D eigenvalue weighted by Crippen LogP contribution is -2.07. The average Bonchev–Trinajstić information content (AvgIpc) is 2.56. The zero-order valence-electron chi connectivity index (χ0n) is 8.27. The molecule has 2 aromatic rings. The maximum atomic E-state index is 10.5. The van der Waals surface area contributed by atoms with Gasteiger partial charge in [-0.05, 0) is 12.1 Å². The van der Waals surface area contributed by atoms with Crippen molar-refractivity contribution in [3.05, 3.63) is 30.2 Å². The fraction of sp³-hybridized carbons (Fsp3) is 0.200. The van der Waals surface area contributed by atoms with Crippen molar-refractivity contribution >= 4 is 17.4 Å². The number of carboxylic acid groups (broad SMARTS) is 1. The molecular formula is C10H11N3O2. The summed E-state index contributed by atoms with van der Waals surface area (Å²) in [5, 5.41) is 10.9. The van der Waals surface area contributed by atoms with Crippen molar-refractivity contribution in [3.63, 3.8) is 0 Å². The lowest BCUT2D eigenvalue weighted by atomic mass is 10.4. The fourth-order valence-electron chi connectivity index (χ4n) is 1.54. The minimum atomic E-state index is -1.10. The van der Waals surface area contributed by atoms with Crippen LogP contribution in [-0.4, -0.2) is 20.6 Å². The highest BCUT2D eigenvalue weighted by molar-refractivity contribution is 5.87. The molecule has 0 bridgehead atoms. The van der Waals surface area contributed by atoms with E-state index in [1.54, 1.807) is 0 Å². The predicted molar refractivity (Wildman–Crippen MR) is 56.2 cm³/mol. The van der Waals surface area contributed by atoms with Gasteiger partial charge >= 0.3 is 6.09 Å². The van der Waals surface area contributed by atoms with Gasteiger partial charge in [-0.1, -0.05) is 13.0 Å². The first-order valence-corrected chi connectivity index (χ1v) is 4.68. The van der Waals surface area contributed by atoms with Crippen molar-refractivity contribution in [2.24, 2.45) is 0 Å². The molecule has 0 saturated heterocycles. The zero-order chi connectivity index (χ0) is 10.8. The zero-order valence-corrected chi connectivity index (χ0v) is 8.27. The molecular weight excluding hydrogens is 194 g/mol.